The largest absolute Gasteiger partial charge is 0.356 e. The van der Waals surface area contributed by atoms with Gasteiger partial charge in [0.25, 0.3) is 0 Å². The number of carbonyl (C=O) groups excluding carboxylic acids is 1. The van der Waals surface area contributed by atoms with Gasteiger partial charge in [0.2, 0.25) is 5.91 Å². The molecule has 0 radical (unpaired) electrons. The third-order valence-corrected chi connectivity index (χ3v) is 6.24. The molecule has 186 valence electrons. The van der Waals surface area contributed by atoms with Crippen molar-refractivity contribution in [1.82, 2.24) is 9.88 Å². The van der Waals surface area contributed by atoms with Crippen LogP contribution in [0.3, 0.4) is 0 Å². The minimum Gasteiger partial charge on any atom is -0.356 e. The summed E-state index contributed by atoms with van der Waals surface area (Å²) < 4.78 is 15.6. The Hall–Kier alpha value is -2.33. The van der Waals surface area contributed by atoms with Crippen LogP contribution in [-0.4, -0.2) is 17.0 Å². The first-order valence-electron chi connectivity index (χ1n) is 12.7. The summed E-state index contributed by atoms with van der Waals surface area (Å²) in [5.41, 5.74) is 3.49. The van der Waals surface area contributed by atoms with E-state index >= 15 is 0 Å². The minimum atomic E-state index is -0.210. The highest BCUT2D eigenvalue weighted by Crippen LogP contribution is 2.36. The molecule has 0 saturated heterocycles. The lowest BCUT2D eigenvalue weighted by Crippen LogP contribution is -2.19. The average Bonchev–Trinajstić information content (AvgIpc) is 3.19. The number of hydrogen-bond donors (Lipinski definition) is 1. The first-order valence-corrected chi connectivity index (χ1v) is 13.1. The van der Waals surface area contributed by atoms with Crippen LogP contribution in [0.25, 0.3) is 16.6 Å². The quantitative estimate of drug-likeness (QED) is 0.270. The smallest absolute Gasteiger partial charge is 0.216 e. The van der Waals surface area contributed by atoms with Crippen LogP contribution in [0.15, 0.2) is 48.7 Å². The second-order valence-electron chi connectivity index (χ2n) is 8.91. The van der Waals surface area contributed by atoms with Crippen LogP contribution in [0.4, 0.5) is 4.39 Å². The minimum absolute atomic E-state index is 0.0573. The predicted molar refractivity (Wildman–Crippen MR) is 144 cm³/mol. The summed E-state index contributed by atoms with van der Waals surface area (Å²) in [6.45, 7) is 8.86. The fourth-order valence-corrected chi connectivity index (χ4v) is 4.46. The molecule has 0 aliphatic carbocycles. The zero-order chi connectivity index (χ0) is 24.9. The van der Waals surface area contributed by atoms with Crippen LogP contribution in [0.2, 0.25) is 5.02 Å². The Labute approximate surface area is 209 Å². The lowest BCUT2D eigenvalue weighted by Gasteiger charge is -2.16. The van der Waals surface area contributed by atoms with Crippen molar-refractivity contribution in [3.63, 3.8) is 0 Å². The van der Waals surface area contributed by atoms with E-state index in [0.717, 1.165) is 29.2 Å². The van der Waals surface area contributed by atoms with E-state index in [1.807, 2.05) is 25.1 Å². The van der Waals surface area contributed by atoms with Crippen molar-refractivity contribution in [2.75, 3.05) is 6.54 Å². The number of carbonyl (C=O) groups is 1. The van der Waals surface area contributed by atoms with Gasteiger partial charge in [-0.25, -0.2) is 4.39 Å². The zero-order valence-electron chi connectivity index (χ0n) is 21.2. The van der Waals surface area contributed by atoms with Gasteiger partial charge < -0.3 is 9.88 Å². The molecular weight excluding hydrogens is 447 g/mol. The number of amides is 1. The molecule has 3 rings (SSSR count). The highest BCUT2D eigenvalue weighted by Gasteiger charge is 2.18. The van der Waals surface area contributed by atoms with Crippen LogP contribution in [0, 0.1) is 5.82 Å². The molecule has 0 fully saturated rings. The molecule has 1 N–H and O–H groups in total. The van der Waals surface area contributed by atoms with Crippen molar-refractivity contribution in [2.45, 2.75) is 85.0 Å². The molecule has 1 atom stereocenters. The van der Waals surface area contributed by atoms with Gasteiger partial charge in [-0.1, -0.05) is 64.5 Å². The third kappa shape index (κ3) is 8.47. The van der Waals surface area contributed by atoms with E-state index in [2.05, 4.69) is 42.1 Å². The Balaban J connectivity index is 0.000000509. The first kappa shape index (κ1) is 27.9. The number of fused-ring (bicyclic) bond motifs is 1. The van der Waals surface area contributed by atoms with Crippen molar-refractivity contribution in [3.05, 3.63) is 65.1 Å². The molecule has 34 heavy (non-hydrogen) atoms. The molecular formula is C29H40ClFN2O. The van der Waals surface area contributed by atoms with Crippen LogP contribution in [0.5, 0.6) is 0 Å². The Kier molecular flexibility index (Phi) is 12.2. The summed E-state index contributed by atoms with van der Waals surface area (Å²) in [6, 6.07) is 12.8. The molecule has 0 aliphatic rings. The van der Waals surface area contributed by atoms with Crippen LogP contribution >= 0.6 is 11.6 Å². The highest BCUT2D eigenvalue weighted by atomic mass is 35.5. The SMILES string of the molecule is CCCCCCC(CCC)c1cn(-c2ccc(F)cc2)c2ccc(Cl)cc12.CCCNC(C)=O. The van der Waals surface area contributed by atoms with E-state index in [4.69, 9.17) is 11.6 Å². The van der Waals surface area contributed by atoms with Gasteiger partial charge >= 0.3 is 0 Å². The summed E-state index contributed by atoms with van der Waals surface area (Å²) in [5, 5.41) is 4.64. The second kappa shape index (κ2) is 14.8. The Morgan fingerprint density at radius 3 is 2.29 bits per heavy atom. The monoisotopic (exact) mass is 486 g/mol. The summed E-state index contributed by atoms with van der Waals surface area (Å²) in [6.07, 6.45) is 12.0. The third-order valence-electron chi connectivity index (χ3n) is 6.01. The average molecular weight is 487 g/mol. The maximum atomic E-state index is 13.4. The lowest BCUT2D eigenvalue weighted by molar-refractivity contribution is -0.118. The molecule has 1 amide bonds. The molecule has 0 spiro atoms. The molecule has 0 aliphatic heterocycles. The van der Waals surface area contributed by atoms with Crippen molar-refractivity contribution in [1.29, 1.82) is 0 Å². The standard InChI is InChI=1S/C24H29ClFN.C5H11NO/c1-3-5-6-7-9-18(8-4-2)23-17-27(21-13-11-20(26)12-14-21)24-15-10-19(25)16-22(23)24;1-3-4-6-5(2)7/h10-18H,3-9H2,1-2H3;3-4H2,1-2H3,(H,6,7). The van der Waals surface area contributed by atoms with Gasteiger partial charge in [-0.2, -0.15) is 0 Å². The van der Waals surface area contributed by atoms with E-state index in [1.165, 1.54) is 75.0 Å². The Bertz CT molecular complexity index is 1010. The Morgan fingerprint density at radius 1 is 0.971 bits per heavy atom. The van der Waals surface area contributed by atoms with Gasteiger partial charge in [-0.15, -0.1) is 0 Å². The summed E-state index contributed by atoms with van der Waals surface area (Å²) >= 11 is 6.34. The van der Waals surface area contributed by atoms with E-state index in [9.17, 15) is 9.18 Å². The highest BCUT2D eigenvalue weighted by molar-refractivity contribution is 6.31. The molecule has 1 unspecified atom stereocenters. The van der Waals surface area contributed by atoms with E-state index in [-0.39, 0.29) is 11.7 Å². The van der Waals surface area contributed by atoms with Crippen LogP contribution in [0.1, 0.15) is 90.5 Å². The van der Waals surface area contributed by atoms with Gasteiger partial charge in [-0.3, -0.25) is 4.79 Å². The number of nitrogens with zero attached hydrogens (tertiary/aromatic N) is 1. The molecule has 1 heterocycles. The molecule has 3 aromatic rings. The number of nitrogens with one attached hydrogen (secondary N) is 1. The number of halogens is 2. The normalized spacial score (nSPS) is 11.7. The number of hydrogen-bond acceptors (Lipinski definition) is 1. The number of aromatic nitrogens is 1. The molecule has 2 aromatic carbocycles. The fraction of sp³-hybridized carbons (Fsp3) is 0.483. The van der Waals surface area contributed by atoms with Gasteiger partial charge in [0.15, 0.2) is 0 Å². The van der Waals surface area contributed by atoms with Crippen LogP contribution in [-0.2, 0) is 4.79 Å². The maximum absolute atomic E-state index is 13.4. The first-order chi connectivity index (χ1) is 16.4. The van der Waals surface area contributed by atoms with Gasteiger partial charge in [0.1, 0.15) is 5.82 Å². The predicted octanol–water partition coefficient (Wildman–Crippen LogP) is 8.81. The molecule has 1 aromatic heterocycles. The number of unbranched alkanes of at least 4 members (excludes halogenated alkanes) is 3. The lowest BCUT2D eigenvalue weighted by atomic mass is 9.89. The zero-order valence-corrected chi connectivity index (χ0v) is 21.9. The summed E-state index contributed by atoms with van der Waals surface area (Å²) in [4.78, 5) is 10.1. The van der Waals surface area contributed by atoms with Crippen molar-refractivity contribution in [3.8, 4) is 5.69 Å². The van der Waals surface area contributed by atoms with Gasteiger partial charge in [0.05, 0.1) is 5.52 Å². The molecule has 0 saturated carbocycles. The molecule has 5 heteroatoms. The van der Waals surface area contributed by atoms with Crippen molar-refractivity contribution in [2.24, 2.45) is 0 Å². The fourth-order valence-electron chi connectivity index (χ4n) is 4.29. The Morgan fingerprint density at radius 2 is 1.71 bits per heavy atom. The molecule has 0 bridgehead atoms. The second-order valence-corrected chi connectivity index (χ2v) is 9.35. The number of benzene rings is 2. The molecule has 3 nitrogen and oxygen atoms in total. The van der Waals surface area contributed by atoms with Crippen LogP contribution < -0.4 is 5.32 Å². The van der Waals surface area contributed by atoms with E-state index in [0.29, 0.717) is 5.92 Å². The van der Waals surface area contributed by atoms with Gasteiger partial charge in [-0.05, 0) is 73.2 Å². The number of rotatable bonds is 11. The summed E-state index contributed by atoms with van der Waals surface area (Å²) in [7, 11) is 0. The van der Waals surface area contributed by atoms with Crippen molar-refractivity contribution >= 4 is 28.4 Å². The maximum Gasteiger partial charge on any atom is 0.216 e. The van der Waals surface area contributed by atoms with E-state index in [1.54, 1.807) is 0 Å². The van der Waals surface area contributed by atoms with E-state index < -0.39 is 0 Å². The van der Waals surface area contributed by atoms with Gasteiger partial charge in [0, 0.05) is 35.8 Å². The van der Waals surface area contributed by atoms with Crippen molar-refractivity contribution < 1.29 is 9.18 Å². The summed E-state index contributed by atoms with van der Waals surface area (Å²) in [5.74, 6) is 0.384. The topological polar surface area (TPSA) is 34.0 Å².